The third kappa shape index (κ3) is 5.04. The molecule has 0 amide bonds. The van der Waals surface area contributed by atoms with Crippen molar-refractivity contribution in [2.24, 2.45) is 4.99 Å². The van der Waals surface area contributed by atoms with Crippen molar-refractivity contribution in [2.45, 2.75) is 36.9 Å². The number of anilines is 1. The van der Waals surface area contributed by atoms with Gasteiger partial charge in [0.05, 0.1) is 41.6 Å². The molecule has 0 aliphatic carbocycles. The van der Waals surface area contributed by atoms with E-state index in [0.717, 1.165) is 47.6 Å². The number of nitrogens with zero attached hydrogens (tertiary/aromatic N) is 3. The number of para-hydroxylation sites is 1. The molecule has 41 heavy (non-hydrogen) atoms. The molecular weight excluding hydrogens is 544 g/mol. The van der Waals surface area contributed by atoms with Crippen LogP contribution in [0.3, 0.4) is 0 Å². The molecule has 2 aromatic heterocycles. The second kappa shape index (κ2) is 11.0. The van der Waals surface area contributed by atoms with Crippen LogP contribution in [0.25, 0.3) is 22.3 Å². The molecule has 5 heterocycles. The van der Waals surface area contributed by atoms with E-state index >= 15 is 0 Å². The highest BCUT2D eigenvalue weighted by Gasteiger charge is 2.48. The van der Waals surface area contributed by atoms with Gasteiger partial charge in [-0.25, -0.2) is 4.98 Å². The molecular formula is C31H31ClN4O5. The van der Waals surface area contributed by atoms with Gasteiger partial charge in [-0.2, -0.15) is 0 Å². The van der Waals surface area contributed by atoms with Crippen molar-refractivity contribution in [1.29, 1.82) is 0 Å². The van der Waals surface area contributed by atoms with E-state index in [9.17, 15) is 5.11 Å². The molecule has 7 rings (SSSR count). The minimum Gasteiger partial charge on any atom is -0.489 e. The van der Waals surface area contributed by atoms with Crippen molar-refractivity contribution in [3.63, 3.8) is 0 Å². The van der Waals surface area contributed by atoms with Crippen molar-refractivity contribution < 1.29 is 24.1 Å². The number of fused-ring (bicyclic) bond motifs is 2. The average molecular weight is 575 g/mol. The van der Waals surface area contributed by atoms with Crippen LogP contribution in [0.1, 0.15) is 12.0 Å². The highest BCUT2D eigenvalue weighted by atomic mass is 35.5. The van der Waals surface area contributed by atoms with Gasteiger partial charge in [-0.3, -0.25) is 4.99 Å². The maximum absolute atomic E-state index is 10.1. The van der Waals surface area contributed by atoms with Crippen LogP contribution in [-0.2, 0) is 9.47 Å². The van der Waals surface area contributed by atoms with E-state index in [1.54, 1.807) is 13.3 Å². The van der Waals surface area contributed by atoms with Crippen molar-refractivity contribution in [3.8, 4) is 22.9 Å². The van der Waals surface area contributed by atoms with Gasteiger partial charge in [0.1, 0.15) is 35.7 Å². The second-order valence-electron chi connectivity index (χ2n) is 10.6. The van der Waals surface area contributed by atoms with Gasteiger partial charge in [0.25, 0.3) is 0 Å². The van der Waals surface area contributed by atoms with Gasteiger partial charge in [-0.15, -0.1) is 0 Å². The number of aliphatic hydroxyl groups excluding tert-OH is 1. The fourth-order valence-electron chi connectivity index (χ4n) is 5.91. The number of rotatable bonds is 7. The SMILES string of the molecule is C/N=C/c1c(O[C@@H]2CO[C@H]3[C@@H]2OC[C@H]3O)[nH]c2cc(Cl)c(-c3ccc(N4CC[C@@H](Oc5ccccc5)C4)cc3)nc12. The Balaban J connectivity index is 1.11. The topological polar surface area (TPSA) is 101 Å². The second-order valence-corrected chi connectivity index (χ2v) is 11.0. The Morgan fingerprint density at radius 3 is 2.68 bits per heavy atom. The van der Waals surface area contributed by atoms with E-state index in [1.165, 1.54) is 0 Å². The van der Waals surface area contributed by atoms with Crippen LogP contribution in [-0.4, -0.2) is 85.2 Å². The van der Waals surface area contributed by atoms with Gasteiger partial charge in [0.15, 0.2) is 6.10 Å². The lowest BCUT2D eigenvalue weighted by Gasteiger charge is -2.19. The molecule has 4 aromatic rings. The molecule has 0 radical (unpaired) electrons. The molecule has 10 heteroatoms. The Hall–Kier alpha value is -3.63. The fraction of sp³-hybridized carbons (Fsp3) is 0.355. The third-order valence-electron chi connectivity index (χ3n) is 7.93. The number of hydrogen-bond donors (Lipinski definition) is 2. The summed E-state index contributed by atoms with van der Waals surface area (Å²) in [6.07, 6.45) is 1.15. The predicted molar refractivity (Wildman–Crippen MR) is 158 cm³/mol. The zero-order chi connectivity index (χ0) is 27.9. The first-order valence-corrected chi connectivity index (χ1v) is 14.2. The van der Waals surface area contributed by atoms with Crippen molar-refractivity contribution in [1.82, 2.24) is 9.97 Å². The zero-order valence-corrected chi connectivity index (χ0v) is 23.3. The van der Waals surface area contributed by atoms with Crippen molar-refractivity contribution in [2.75, 3.05) is 38.3 Å². The predicted octanol–water partition coefficient (Wildman–Crippen LogP) is 4.50. The van der Waals surface area contributed by atoms with E-state index in [1.807, 2.05) is 36.4 Å². The number of hydrogen-bond acceptors (Lipinski definition) is 8. The fourth-order valence-corrected chi connectivity index (χ4v) is 6.17. The summed E-state index contributed by atoms with van der Waals surface area (Å²) in [6, 6.07) is 20.2. The maximum Gasteiger partial charge on any atom is 0.203 e. The lowest BCUT2D eigenvalue weighted by Crippen LogP contribution is -2.34. The van der Waals surface area contributed by atoms with Crippen LogP contribution < -0.4 is 14.4 Å². The van der Waals surface area contributed by atoms with Crippen LogP contribution in [0.5, 0.6) is 11.6 Å². The molecule has 0 saturated carbocycles. The Bertz CT molecular complexity index is 1560. The van der Waals surface area contributed by atoms with E-state index < -0.39 is 6.10 Å². The summed E-state index contributed by atoms with van der Waals surface area (Å²) in [6.45, 7) is 2.34. The Morgan fingerprint density at radius 1 is 1.07 bits per heavy atom. The lowest BCUT2D eigenvalue weighted by molar-refractivity contribution is 0.00792. The number of halogens is 1. The van der Waals surface area contributed by atoms with E-state index in [0.29, 0.717) is 28.7 Å². The summed E-state index contributed by atoms with van der Waals surface area (Å²) in [7, 11) is 1.71. The van der Waals surface area contributed by atoms with E-state index in [4.69, 9.17) is 35.5 Å². The standard InChI is InChI=1S/C31H31ClN4O5/c1-33-14-22-28-24(34-31(22)41-26-17-39-29-25(37)16-38-30(26)29)13-23(32)27(35-28)18-7-9-19(10-8-18)36-12-11-21(15-36)40-20-5-3-2-4-6-20/h2-10,13-14,21,25-26,29-30,34,37H,11-12,15-17H2,1H3/b33-14+/t21-,25-,26-,29-,30-/m1/s1. The molecule has 2 aromatic carbocycles. The zero-order valence-electron chi connectivity index (χ0n) is 22.6. The van der Waals surface area contributed by atoms with Gasteiger partial charge in [-0.05, 0) is 30.3 Å². The van der Waals surface area contributed by atoms with Crippen molar-refractivity contribution in [3.05, 3.63) is 71.2 Å². The minimum atomic E-state index is -0.642. The van der Waals surface area contributed by atoms with E-state index in [2.05, 4.69) is 39.1 Å². The summed E-state index contributed by atoms with van der Waals surface area (Å²) in [5.41, 5.74) is 4.90. The van der Waals surface area contributed by atoms with Gasteiger partial charge in [-0.1, -0.05) is 41.9 Å². The number of aliphatic imine (C=N–C) groups is 1. The summed E-state index contributed by atoms with van der Waals surface area (Å²) in [5, 5.41) is 10.6. The van der Waals surface area contributed by atoms with Crippen LogP contribution in [0, 0.1) is 0 Å². The molecule has 9 nitrogen and oxygen atoms in total. The number of aliphatic hydroxyl groups is 1. The first-order chi connectivity index (χ1) is 20.1. The molecule has 3 aliphatic heterocycles. The molecule has 0 bridgehead atoms. The van der Waals surface area contributed by atoms with Gasteiger partial charge in [0.2, 0.25) is 5.88 Å². The molecule has 0 unspecified atom stereocenters. The number of pyridine rings is 1. The van der Waals surface area contributed by atoms with Gasteiger partial charge in [0, 0.05) is 37.5 Å². The minimum absolute atomic E-state index is 0.159. The molecule has 5 atom stereocenters. The Kier molecular flexibility index (Phi) is 7.04. The lowest BCUT2D eigenvalue weighted by atomic mass is 10.1. The summed E-state index contributed by atoms with van der Waals surface area (Å²) >= 11 is 6.75. The van der Waals surface area contributed by atoms with Crippen LogP contribution in [0.4, 0.5) is 5.69 Å². The first-order valence-electron chi connectivity index (χ1n) is 13.9. The average Bonchev–Trinajstić information content (AvgIpc) is 3.76. The number of nitrogens with one attached hydrogen (secondary N) is 1. The number of aromatic nitrogens is 2. The number of benzene rings is 2. The molecule has 2 N–H and O–H groups in total. The largest absolute Gasteiger partial charge is 0.489 e. The van der Waals surface area contributed by atoms with Gasteiger partial charge < -0.3 is 33.9 Å². The van der Waals surface area contributed by atoms with Crippen LogP contribution in [0.2, 0.25) is 5.02 Å². The normalized spacial score (nSPS) is 25.8. The van der Waals surface area contributed by atoms with Crippen LogP contribution >= 0.6 is 11.6 Å². The molecule has 3 fully saturated rings. The highest BCUT2D eigenvalue weighted by Crippen LogP contribution is 2.36. The maximum atomic E-state index is 10.1. The van der Waals surface area contributed by atoms with E-state index in [-0.39, 0.29) is 31.0 Å². The first kappa shape index (κ1) is 26.3. The monoisotopic (exact) mass is 574 g/mol. The van der Waals surface area contributed by atoms with Crippen LogP contribution in [0.15, 0.2) is 65.7 Å². The summed E-state index contributed by atoms with van der Waals surface area (Å²) in [4.78, 5) is 14.8. The smallest absolute Gasteiger partial charge is 0.203 e. The number of aromatic amines is 1. The molecule has 3 saturated heterocycles. The summed E-state index contributed by atoms with van der Waals surface area (Å²) < 4.78 is 23.9. The Morgan fingerprint density at radius 2 is 1.88 bits per heavy atom. The third-order valence-corrected chi connectivity index (χ3v) is 8.22. The highest BCUT2D eigenvalue weighted by molar-refractivity contribution is 6.33. The number of H-pyrrole nitrogens is 1. The molecule has 0 spiro atoms. The summed E-state index contributed by atoms with van der Waals surface area (Å²) in [5.74, 6) is 1.42. The quantitative estimate of drug-likeness (QED) is 0.314. The number of ether oxygens (including phenoxy) is 4. The molecule has 3 aliphatic rings. The van der Waals surface area contributed by atoms with Crippen molar-refractivity contribution >= 4 is 34.5 Å². The molecule has 212 valence electrons. The van der Waals surface area contributed by atoms with Gasteiger partial charge >= 0.3 is 0 Å². The Labute approximate surface area is 242 Å².